The Morgan fingerprint density at radius 3 is 0.0278 bits per heavy atom. The molecule has 36 heteroatoms. The molecular formula is La36. The standard InChI is InChI=1S/36La. The van der Waals surface area contributed by atoms with Gasteiger partial charge in [-0.25, -0.2) is 0 Å². The molecule has 0 aromatic heterocycles. The van der Waals surface area contributed by atoms with Crippen LogP contribution in [-0.4, -0.2) is 0 Å². The van der Waals surface area contributed by atoms with Crippen molar-refractivity contribution in [2.45, 2.75) is 0 Å². The fraction of sp³-hybridized carbons (Fsp3) is 0. The number of rotatable bonds is 0. The molecule has 0 saturated heterocycles. The molecule has 0 aromatic rings. The summed E-state index contributed by atoms with van der Waals surface area (Å²) in [5.41, 5.74) is 0. The van der Waals surface area contributed by atoms with E-state index in [1.807, 2.05) is 0 Å². The van der Waals surface area contributed by atoms with Gasteiger partial charge in [0.2, 0.25) is 0 Å². The largest absolute Gasteiger partial charge is 0 e. The summed E-state index contributed by atoms with van der Waals surface area (Å²) in [6, 6.07) is 0. The van der Waals surface area contributed by atoms with Crippen molar-refractivity contribution in [1.82, 2.24) is 0 Å². The van der Waals surface area contributed by atoms with Gasteiger partial charge in [0, 0.05) is 1280 Å². The molecule has 36 heavy (non-hydrogen) atoms. The molecule has 0 rings (SSSR count). The van der Waals surface area contributed by atoms with Crippen molar-refractivity contribution >= 4 is 0 Å². The third kappa shape index (κ3) is 241. The van der Waals surface area contributed by atoms with Crippen LogP contribution in [0.4, 0.5) is 0 Å². The maximum Gasteiger partial charge on any atom is 0 e. The Bertz CT molecular complexity index is 0. The molecule has 0 atom stereocenters. The molecule has 0 aromatic carbocycles. The molecule has 108 valence electrons. The minimum atomic E-state index is 0. The Kier molecular flexibility index (Phi) is 1810. The van der Waals surface area contributed by atoms with Crippen molar-refractivity contribution in [2.75, 3.05) is 0 Å². The second-order valence-electron chi connectivity index (χ2n) is 0. The predicted octanol–water partition coefficient (Wildman–Crippen LogP) is 0. The molecule has 0 heterocycles. The zero-order chi connectivity index (χ0) is 0. The Morgan fingerprint density at radius 1 is 0.0278 bits per heavy atom. The summed E-state index contributed by atoms with van der Waals surface area (Å²) in [6.45, 7) is 0. The summed E-state index contributed by atoms with van der Waals surface area (Å²) in [5.74, 6) is 0. The summed E-state index contributed by atoms with van der Waals surface area (Å²) < 4.78 is 0. The first-order valence-electron chi connectivity index (χ1n) is 0. The van der Waals surface area contributed by atoms with Gasteiger partial charge in [-0.2, -0.15) is 0 Å². The van der Waals surface area contributed by atoms with Crippen LogP contribution in [0.5, 0.6) is 0 Å². The van der Waals surface area contributed by atoms with Gasteiger partial charge in [0.25, 0.3) is 0 Å². The first-order chi connectivity index (χ1) is 0. The SMILES string of the molecule is [La].[La].[La].[La].[La].[La].[La].[La].[La].[La].[La].[La].[La].[La].[La].[La].[La].[La].[La].[La].[La].[La].[La].[La].[La].[La].[La].[La].[La].[La].[La].[La].[La].[La].[La].[La]. The molecule has 0 amide bonds. The topological polar surface area (TPSA) is 0 Å². The maximum atomic E-state index is 0. The normalized spacial score (nSPS) is 0. The molecule has 0 bridgehead atoms. The van der Waals surface area contributed by atoms with E-state index in [1.165, 1.54) is 0 Å². The van der Waals surface area contributed by atoms with Crippen molar-refractivity contribution in [3.8, 4) is 0 Å². The zero-order valence-electron chi connectivity index (χ0n) is 20.8. The minimum absolute atomic E-state index is 0. The zero-order valence-corrected chi connectivity index (χ0v) is 151. The van der Waals surface area contributed by atoms with Gasteiger partial charge in [-0.15, -0.1) is 0 Å². The Labute approximate surface area is 1230 Å². The fourth-order valence-corrected chi connectivity index (χ4v) is 0. The van der Waals surface area contributed by atoms with Gasteiger partial charge in [-0.3, -0.25) is 0 Å². The second kappa shape index (κ2) is 250. The van der Waals surface area contributed by atoms with Gasteiger partial charge in [0.1, 0.15) is 0 Å². The molecule has 0 unspecified atom stereocenters. The van der Waals surface area contributed by atoms with E-state index in [0.29, 0.717) is 0 Å². The van der Waals surface area contributed by atoms with Crippen molar-refractivity contribution < 1.29 is 1280 Å². The molecule has 0 aliphatic rings. The van der Waals surface area contributed by atoms with Crippen LogP contribution in [0.2, 0.25) is 0 Å². The summed E-state index contributed by atoms with van der Waals surface area (Å²) in [4.78, 5) is 0. The second-order valence-corrected chi connectivity index (χ2v) is 0. The average Bonchev–Trinajstić information content (AvgIpc) is 0. The van der Waals surface area contributed by atoms with Crippen LogP contribution < -0.4 is 0 Å². The van der Waals surface area contributed by atoms with E-state index in [9.17, 15) is 0 Å². The Morgan fingerprint density at radius 2 is 0.0278 bits per heavy atom. The van der Waals surface area contributed by atoms with E-state index in [0.717, 1.165) is 0 Å². The van der Waals surface area contributed by atoms with E-state index in [4.69, 9.17) is 0 Å². The van der Waals surface area contributed by atoms with Crippen molar-refractivity contribution in [3.63, 3.8) is 0 Å². The molecule has 0 N–H and O–H groups in total. The quantitative estimate of drug-likeness (QED) is 0.321. The molecule has 0 nitrogen and oxygen atoms in total. The molecule has 0 saturated carbocycles. The fourth-order valence-electron chi connectivity index (χ4n) is 0. The van der Waals surface area contributed by atoms with Crippen LogP contribution in [0.25, 0.3) is 0 Å². The summed E-state index contributed by atoms with van der Waals surface area (Å²) in [6.07, 6.45) is 0. The van der Waals surface area contributed by atoms with Crippen LogP contribution in [0.3, 0.4) is 0 Å². The first kappa shape index (κ1) is 260. The molecular weight excluding hydrogens is 5000 g/mol. The first-order valence-corrected chi connectivity index (χ1v) is 0. The van der Waals surface area contributed by atoms with E-state index in [-0.39, 0.29) is 1280 Å². The number of hydrogen-bond donors (Lipinski definition) is 0. The van der Waals surface area contributed by atoms with Gasteiger partial charge < -0.3 is 0 Å². The van der Waals surface area contributed by atoms with Crippen molar-refractivity contribution in [1.29, 1.82) is 0 Å². The van der Waals surface area contributed by atoms with Gasteiger partial charge in [0.15, 0.2) is 0 Å². The van der Waals surface area contributed by atoms with Gasteiger partial charge in [0.05, 0.1) is 0 Å². The predicted molar refractivity (Wildman–Crippen MR) is 0 cm³/mol. The van der Waals surface area contributed by atoms with Crippen LogP contribution in [0.1, 0.15) is 0 Å². The minimum Gasteiger partial charge on any atom is 0 e. The molecule has 0 aliphatic heterocycles. The average molecular weight is 5000 g/mol. The molecule has 36 radical (unpaired) electrons. The van der Waals surface area contributed by atoms with Crippen LogP contribution in [0, 0.1) is 1280 Å². The van der Waals surface area contributed by atoms with Gasteiger partial charge in [-0.05, 0) is 0 Å². The van der Waals surface area contributed by atoms with Crippen LogP contribution >= 0.6 is 0 Å². The van der Waals surface area contributed by atoms with Crippen LogP contribution in [0.15, 0.2) is 0 Å². The van der Waals surface area contributed by atoms with E-state index in [1.54, 1.807) is 0 Å². The Hall–Kier alpha value is 43.0. The molecule has 0 spiro atoms. The number of hydrogen-bond acceptors (Lipinski definition) is 0. The monoisotopic (exact) mass is 5000 g/mol. The molecule has 0 aliphatic carbocycles. The molecule has 0 fully saturated rings. The van der Waals surface area contributed by atoms with Crippen molar-refractivity contribution in [3.05, 3.63) is 0 Å². The summed E-state index contributed by atoms with van der Waals surface area (Å²) >= 11 is 0. The smallest absolute Gasteiger partial charge is 0 e. The van der Waals surface area contributed by atoms with Crippen molar-refractivity contribution in [2.24, 2.45) is 0 Å². The Balaban J connectivity index is 0. The van der Waals surface area contributed by atoms with E-state index >= 15 is 0 Å². The third-order valence-corrected chi connectivity index (χ3v) is 0. The van der Waals surface area contributed by atoms with Gasteiger partial charge >= 0.3 is 0 Å². The summed E-state index contributed by atoms with van der Waals surface area (Å²) in [7, 11) is 0. The maximum absolute atomic E-state index is 0. The van der Waals surface area contributed by atoms with Crippen LogP contribution in [-0.2, 0) is 0 Å². The van der Waals surface area contributed by atoms with E-state index in [2.05, 4.69) is 0 Å². The van der Waals surface area contributed by atoms with Gasteiger partial charge in [-0.1, -0.05) is 0 Å². The van der Waals surface area contributed by atoms with E-state index < -0.39 is 0 Å². The summed E-state index contributed by atoms with van der Waals surface area (Å²) in [5, 5.41) is 0. The third-order valence-electron chi connectivity index (χ3n) is 0.